The number of nitrogens with zero attached hydrogens (tertiary/aromatic N) is 2. The van der Waals surface area contributed by atoms with Gasteiger partial charge in [-0.1, -0.05) is 50.2 Å². The fourth-order valence-corrected chi connectivity index (χ4v) is 4.37. The highest BCUT2D eigenvalue weighted by molar-refractivity contribution is 5.97. The first kappa shape index (κ1) is 25.1. The minimum atomic E-state index is -0.618. The van der Waals surface area contributed by atoms with E-state index in [0.717, 1.165) is 24.5 Å². The van der Waals surface area contributed by atoms with Crippen LogP contribution in [0.15, 0.2) is 53.3 Å². The third kappa shape index (κ3) is 5.15. The van der Waals surface area contributed by atoms with Crippen molar-refractivity contribution in [3.05, 3.63) is 92.9 Å². The van der Waals surface area contributed by atoms with Crippen LogP contribution in [0.3, 0.4) is 0 Å². The summed E-state index contributed by atoms with van der Waals surface area (Å²) in [5.74, 6) is -1.25. The van der Waals surface area contributed by atoms with Crippen LogP contribution in [0, 0.1) is 5.82 Å². The van der Waals surface area contributed by atoms with Gasteiger partial charge in [0.15, 0.2) is 5.69 Å². The van der Waals surface area contributed by atoms with Gasteiger partial charge in [-0.25, -0.2) is 9.37 Å². The molecule has 3 aromatic rings. The zero-order valence-electron chi connectivity index (χ0n) is 20.6. The number of aromatic nitrogens is 2. The van der Waals surface area contributed by atoms with E-state index in [1.54, 1.807) is 4.57 Å². The highest BCUT2D eigenvalue weighted by atomic mass is 19.1. The molecular weight excluding hydrogens is 463 g/mol. The number of benzene rings is 2. The predicted molar refractivity (Wildman–Crippen MR) is 132 cm³/mol. The van der Waals surface area contributed by atoms with E-state index in [9.17, 15) is 18.8 Å². The quantitative estimate of drug-likeness (QED) is 0.527. The fourth-order valence-electron chi connectivity index (χ4n) is 4.37. The van der Waals surface area contributed by atoms with Crippen molar-refractivity contribution in [2.75, 3.05) is 7.05 Å². The van der Waals surface area contributed by atoms with Crippen molar-refractivity contribution in [3.63, 3.8) is 0 Å². The van der Waals surface area contributed by atoms with E-state index >= 15 is 0 Å². The van der Waals surface area contributed by atoms with E-state index in [-0.39, 0.29) is 30.2 Å². The van der Waals surface area contributed by atoms with Gasteiger partial charge in [0.2, 0.25) is 5.75 Å². The van der Waals surface area contributed by atoms with Crippen LogP contribution in [0.2, 0.25) is 0 Å². The molecule has 0 atom stereocenters. The number of ether oxygens (including phenoxy) is 1. The average molecular weight is 493 g/mol. The number of rotatable bonds is 7. The van der Waals surface area contributed by atoms with Gasteiger partial charge in [0.25, 0.3) is 17.4 Å². The summed E-state index contributed by atoms with van der Waals surface area (Å²) >= 11 is 0. The van der Waals surface area contributed by atoms with Gasteiger partial charge >= 0.3 is 0 Å². The molecule has 2 amide bonds. The number of hydrogen-bond acceptors (Lipinski definition) is 5. The van der Waals surface area contributed by atoms with Gasteiger partial charge in [0.05, 0.1) is 0 Å². The van der Waals surface area contributed by atoms with Crippen LogP contribution in [0.4, 0.5) is 4.39 Å². The van der Waals surface area contributed by atoms with Gasteiger partial charge < -0.3 is 15.4 Å². The standard InChI is InChI=1S/C27H29FN4O4/c1-27(2)12-7-13-32-25(35)22(36-16-17-8-5-4-6-9-17)21(31-26(27)32)24(34)30-15-18-10-11-19(28)14-20(18)23(33)29-3/h4-6,8-11,14H,7,12-13,15-16H2,1-3H3,(H,29,33)(H,30,34). The predicted octanol–water partition coefficient (Wildman–Crippen LogP) is 3.32. The zero-order valence-corrected chi connectivity index (χ0v) is 20.6. The summed E-state index contributed by atoms with van der Waals surface area (Å²) in [6, 6.07) is 13.1. The number of fused-ring (bicyclic) bond motifs is 1. The monoisotopic (exact) mass is 492 g/mol. The van der Waals surface area contributed by atoms with Crippen molar-refractivity contribution in [3.8, 4) is 5.75 Å². The number of nitrogens with one attached hydrogen (secondary N) is 2. The average Bonchev–Trinajstić information content (AvgIpc) is 2.87. The van der Waals surface area contributed by atoms with E-state index in [1.807, 2.05) is 44.2 Å². The first-order valence-electron chi connectivity index (χ1n) is 11.8. The van der Waals surface area contributed by atoms with E-state index in [4.69, 9.17) is 4.74 Å². The number of carbonyl (C=O) groups excluding carboxylic acids is 2. The molecule has 0 aliphatic carbocycles. The maximum absolute atomic E-state index is 13.7. The molecule has 0 spiro atoms. The Hall–Kier alpha value is -4.01. The number of carbonyl (C=O) groups is 2. The second-order valence-corrected chi connectivity index (χ2v) is 9.39. The minimum Gasteiger partial charge on any atom is -0.481 e. The summed E-state index contributed by atoms with van der Waals surface area (Å²) in [5, 5.41) is 5.19. The second-order valence-electron chi connectivity index (χ2n) is 9.39. The molecule has 8 nitrogen and oxygen atoms in total. The molecule has 1 aliphatic heterocycles. The van der Waals surface area contributed by atoms with E-state index in [0.29, 0.717) is 17.9 Å². The van der Waals surface area contributed by atoms with Gasteiger partial charge in [-0.15, -0.1) is 0 Å². The van der Waals surface area contributed by atoms with Crippen molar-refractivity contribution in [2.24, 2.45) is 0 Å². The van der Waals surface area contributed by atoms with Gasteiger partial charge in [0.1, 0.15) is 18.2 Å². The van der Waals surface area contributed by atoms with Crippen LogP contribution >= 0.6 is 0 Å². The number of hydrogen-bond donors (Lipinski definition) is 2. The lowest BCUT2D eigenvalue weighted by Crippen LogP contribution is -2.40. The molecule has 0 saturated heterocycles. The summed E-state index contributed by atoms with van der Waals surface area (Å²) in [6.45, 7) is 4.51. The molecule has 2 N–H and O–H groups in total. The third-order valence-electron chi connectivity index (χ3n) is 6.34. The van der Waals surface area contributed by atoms with Crippen molar-refractivity contribution >= 4 is 11.8 Å². The Labute approximate surface area is 208 Å². The summed E-state index contributed by atoms with van der Waals surface area (Å²) < 4.78 is 21.2. The van der Waals surface area contributed by atoms with Crippen LogP contribution in [-0.4, -0.2) is 28.4 Å². The largest absolute Gasteiger partial charge is 0.481 e. The smallest absolute Gasteiger partial charge is 0.296 e. The Balaban J connectivity index is 1.69. The van der Waals surface area contributed by atoms with Crippen molar-refractivity contribution in [2.45, 2.75) is 51.8 Å². The Morgan fingerprint density at radius 2 is 1.89 bits per heavy atom. The highest BCUT2D eigenvalue weighted by Gasteiger charge is 2.34. The summed E-state index contributed by atoms with van der Waals surface area (Å²) in [7, 11) is 1.44. The number of amides is 2. The molecule has 0 bridgehead atoms. The molecule has 1 aliphatic rings. The molecule has 2 aromatic carbocycles. The van der Waals surface area contributed by atoms with Crippen LogP contribution in [0.1, 0.15) is 64.5 Å². The van der Waals surface area contributed by atoms with Gasteiger partial charge in [0, 0.05) is 31.1 Å². The molecule has 0 unspecified atom stereocenters. The summed E-state index contributed by atoms with van der Waals surface area (Å²) in [5.41, 5.74) is 0.465. The maximum atomic E-state index is 13.7. The van der Waals surface area contributed by atoms with E-state index in [2.05, 4.69) is 15.6 Å². The van der Waals surface area contributed by atoms with Crippen LogP contribution in [0.5, 0.6) is 5.75 Å². The lowest BCUT2D eigenvalue weighted by atomic mass is 9.84. The van der Waals surface area contributed by atoms with E-state index in [1.165, 1.54) is 19.2 Å². The van der Waals surface area contributed by atoms with Gasteiger partial charge in [-0.2, -0.15) is 0 Å². The lowest BCUT2D eigenvalue weighted by molar-refractivity contribution is 0.0930. The van der Waals surface area contributed by atoms with Crippen molar-refractivity contribution in [1.82, 2.24) is 20.2 Å². The molecule has 9 heteroatoms. The number of halogens is 1. The maximum Gasteiger partial charge on any atom is 0.296 e. The van der Waals surface area contributed by atoms with Gasteiger partial charge in [-0.3, -0.25) is 19.0 Å². The molecule has 4 rings (SSSR count). The SMILES string of the molecule is CNC(=O)c1cc(F)ccc1CNC(=O)c1nc2n(c(=O)c1OCc1ccccc1)CCCC2(C)C. The molecular formula is C27H29FN4O4. The third-order valence-corrected chi connectivity index (χ3v) is 6.34. The summed E-state index contributed by atoms with van der Waals surface area (Å²) in [4.78, 5) is 43.6. The molecule has 0 saturated carbocycles. The van der Waals surface area contributed by atoms with E-state index < -0.39 is 28.6 Å². The molecule has 188 valence electrons. The molecule has 1 aromatic heterocycles. The normalized spacial score (nSPS) is 14.0. The summed E-state index contributed by atoms with van der Waals surface area (Å²) in [6.07, 6.45) is 1.65. The fraction of sp³-hybridized carbons (Fsp3) is 0.333. The lowest BCUT2D eigenvalue weighted by Gasteiger charge is -2.32. The Bertz CT molecular complexity index is 1350. The zero-order chi connectivity index (χ0) is 25.9. The van der Waals surface area contributed by atoms with Crippen LogP contribution in [-0.2, 0) is 25.1 Å². The minimum absolute atomic E-state index is 0.0660. The Kier molecular flexibility index (Phi) is 7.19. The molecule has 0 fully saturated rings. The molecule has 2 heterocycles. The second kappa shape index (κ2) is 10.3. The first-order valence-corrected chi connectivity index (χ1v) is 11.8. The highest BCUT2D eigenvalue weighted by Crippen LogP contribution is 2.32. The molecule has 36 heavy (non-hydrogen) atoms. The van der Waals surface area contributed by atoms with Crippen molar-refractivity contribution in [1.29, 1.82) is 0 Å². The van der Waals surface area contributed by atoms with Gasteiger partial charge in [-0.05, 0) is 36.1 Å². The first-order chi connectivity index (χ1) is 17.2. The Morgan fingerprint density at radius 1 is 1.14 bits per heavy atom. The Morgan fingerprint density at radius 3 is 2.61 bits per heavy atom. The molecule has 0 radical (unpaired) electrons. The topological polar surface area (TPSA) is 102 Å². The van der Waals surface area contributed by atoms with Crippen LogP contribution < -0.4 is 20.9 Å². The van der Waals surface area contributed by atoms with Crippen LogP contribution in [0.25, 0.3) is 0 Å². The van der Waals surface area contributed by atoms with Crippen molar-refractivity contribution < 1.29 is 18.7 Å².